The Kier molecular flexibility index (Phi) is 5.27. The average Bonchev–Trinajstić information content (AvgIpc) is 3.40. The van der Waals surface area contributed by atoms with Crippen molar-refractivity contribution < 1.29 is 14.3 Å². The maximum absolute atomic E-state index is 12.3. The number of aromatic amines is 2. The van der Waals surface area contributed by atoms with Gasteiger partial charge in [0.1, 0.15) is 11.6 Å². The number of thioether (sulfide) groups is 1. The number of ether oxygens (including phenoxy) is 1. The number of hydrogen-bond donors (Lipinski definition) is 3. The number of nitrogens with one attached hydrogen (secondary N) is 3. The number of fused-ring (bicyclic) bond motifs is 1. The maximum Gasteiger partial charge on any atom is 0.290 e. The number of imidazole rings is 1. The van der Waals surface area contributed by atoms with Crippen LogP contribution in [0.4, 0.5) is 4.79 Å². The molecule has 0 bridgehead atoms. The van der Waals surface area contributed by atoms with Gasteiger partial charge in [0, 0.05) is 0 Å². The number of benzene rings is 2. The molecular formula is C23H17N5O4S. The van der Waals surface area contributed by atoms with Crippen LogP contribution < -0.4 is 15.6 Å². The van der Waals surface area contributed by atoms with Crippen molar-refractivity contribution in [3.05, 3.63) is 69.6 Å². The van der Waals surface area contributed by atoms with Crippen LogP contribution in [0.5, 0.6) is 5.75 Å². The fourth-order valence-corrected chi connectivity index (χ4v) is 4.21. The summed E-state index contributed by atoms with van der Waals surface area (Å²) in [6.07, 6.45) is 3.11. The van der Waals surface area contributed by atoms with Gasteiger partial charge < -0.3 is 14.7 Å². The van der Waals surface area contributed by atoms with E-state index in [0.29, 0.717) is 34.3 Å². The lowest BCUT2D eigenvalue weighted by Crippen LogP contribution is -2.17. The molecule has 9 nitrogen and oxygen atoms in total. The zero-order chi connectivity index (χ0) is 22.9. The van der Waals surface area contributed by atoms with Gasteiger partial charge in [0.15, 0.2) is 11.2 Å². The van der Waals surface area contributed by atoms with Gasteiger partial charge in [0.05, 0.1) is 23.4 Å². The summed E-state index contributed by atoms with van der Waals surface area (Å²) in [5.41, 5.74) is 3.52. The van der Waals surface area contributed by atoms with Crippen LogP contribution in [-0.4, -0.2) is 37.7 Å². The Hall–Kier alpha value is -4.18. The summed E-state index contributed by atoms with van der Waals surface area (Å²) in [5, 5.41) is 1.88. The second-order valence-corrected chi connectivity index (χ2v) is 8.15. The van der Waals surface area contributed by atoms with E-state index < -0.39 is 5.91 Å². The number of H-pyrrole nitrogens is 2. The van der Waals surface area contributed by atoms with Crippen LogP contribution in [0, 0.1) is 0 Å². The van der Waals surface area contributed by atoms with E-state index in [1.807, 2.05) is 49.4 Å². The van der Waals surface area contributed by atoms with Crippen molar-refractivity contribution in [3.8, 4) is 28.3 Å². The van der Waals surface area contributed by atoms with E-state index in [1.165, 1.54) is 6.33 Å². The lowest BCUT2D eigenvalue weighted by Gasteiger charge is -2.12. The Morgan fingerprint density at radius 2 is 1.94 bits per heavy atom. The van der Waals surface area contributed by atoms with E-state index in [2.05, 4.69) is 25.3 Å². The molecule has 5 rings (SSSR count). The Labute approximate surface area is 191 Å². The second kappa shape index (κ2) is 8.40. The van der Waals surface area contributed by atoms with Gasteiger partial charge >= 0.3 is 0 Å². The van der Waals surface area contributed by atoms with E-state index in [4.69, 9.17) is 4.74 Å². The van der Waals surface area contributed by atoms with E-state index in [0.717, 1.165) is 28.5 Å². The van der Waals surface area contributed by atoms with Crippen molar-refractivity contribution in [2.75, 3.05) is 6.61 Å². The topological polar surface area (TPSA) is 130 Å². The summed E-state index contributed by atoms with van der Waals surface area (Å²) in [7, 11) is 0. The number of carbonyl (C=O) groups excluding carboxylic acids is 2. The zero-order valence-electron chi connectivity index (χ0n) is 17.3. The largest absolute Gasteiger partial charge is 0.493 e. The highest BCUT2D eigenvalue weighted by molar-refractivity contribution is 8.18. The number of hydrogen-bond acceptors (Lipinski definition) is 7. The molecule has 2 amide bonds. The molecule has 0 atom stereocenters. The molecule has 0 aliphatic carbocycles. The van der Waals surface area contributed by atoms with Crippen LogP contribution in [0.15, 0.2) is 58.5 Å². The molecule has 3 N–H and O–H groups in total. The van der Waals surface area contributed by atoms with Crippen LogP contribution in [0.3, 0.4) is 0 Å². The fraction of sp³-hybridized carbons (Fsp3) is 0.0870. The summed E-state index contributed by atoms with van der Waals surface area (Å²) in [6, 6.07) is 13.2. The average molecular weight is 459 g/mol. The van der Waals surface area contributed by atoms with E-state index in [-0.39, 0.29) is 16.3 Å². The van der Waals surface area contributed by atoms with Crippen molar-refractivity contribution >= 4 is 40.1 Å². The maximum atomic E-state index is 12.3. The smallest absolute Gasteiger partial charge is 0.290 e. The third-order valence-electron chi connectivity index (χ3n) is 4.99. The highest BCUT2D eigenvalue weighted by atomic mass is 32.2. The van der Waals surface area contributed by atoms with Crippen molar-refractivity contribution in [2.45, 2.75) is 6.92 Å². The van der Waals surface area contributed by atoms with Gasteiger partial charge in [0.25, 0.3) is 16.7 Å². The van der Waals surface area contributed by atoms with Crippen LogP contribution in [0.2, 0.25) is 0 Å². The lowest BCUT2D eigenvalue weighted by atomic mass is 10.0. The molecule has 0 radical (unpaired) electrons. The summed E-state index contributed by atoms with van der Waals surface area (Å²) in [4.78, 5) is 50.0. The highest BCUT2D eigenvalue weighted by Crippen LogP contribution is 2.34. The van der Waals surface area contributed by atoms with Crippen molar-refractivity contribution in [2.24, 2.45) is 0 Å². The molecule has 1 fully saturated rings. The predicted octanol–water partition coefficient (Wildman–Crippen LogP) is 3.70. The van der Waals surface area contributed by atoms with E-state index in [9.17, 15) is 14.4 Å². The first kappa shape index (κ1) is 20.7. The molecule has 3 heterocycles. The summed E-state index contributed by atoms with van der Waals surface area (Å²) >= 11 is 0.880. The van der Waals surface area contributed by atoms with Crippen molar-refractivity contribution in [1.82, 2.24) is 25.3 Å². The second-order valence-electron chi connectivity index (χ2n) is 7.14. The molecule has 164 valence electrons. The Bertz CT molecular complexity index is 1500. The van der Waals surface area contributed by atoms with Gasteiger partial charge in [-0.2, -0.15) is 0 Å². The zero-order valence-corrected chi connectivity index (χ0v) is 18.2. The third-order valence-corrected chi connectivity index (χ3v) is 5.80. The molecule has 2 aromatic heterocycles. The SMILES string of the molecule is CCOc1cc(-c2cccc(/C=C3\SC(=O)NC3=O)c2)ccc1-c1nc2[nH]cnc2c(=O)[nH]1. The van der Waals surface area contributed by atoms with Gasteiger partial charge in [-0.05, 0) is 59.7 Å². The molecule has 2 aromatic carbocycles. The minimum atomic E-state index is -0.394. The van der Waals surface area contributed by atoms with Crippen LogP contribution in [0.1, 0.15) is 12.5 Å². The summed E-state index contributed by atoms with van der Waals surface area (Å²) < 4.78 is 5.86. The van der Waals surface area contributed by atoms with Crippen molar-refractivity contribution in [1.29, 1.82) is 0 Å². The van der Waals surface area contributed by atoms with E-state index >= 15 is 0 Å². The van der Waals surface area contributed by atoms with E-state index in [1.54, 1.807) is 6.08 Å². The summed E-state index contributed by atoms with van der Waals surface area (Å²) in [5.74, 6) is 0.547. The van der Waals surface area contributed by atoms with Gasteiger partial charge in [-0.3, -0.25) is 19.7 Å². The molecule has 0 unspecified atom stereocenters. The number of aromatic nitrogens is 4. The number of amides is 2. The van der Waals surface area contributed by atoms with Crippen molar-refractivity contribution in [3.63, 3.8) is 0 Å². The first-order chi connectivity index (χ1) is 16.0. The molecule has 33 heavy (non-hydrogen) atoms. The molecule has 0 spiro atoms. The number of rotatable bonds is 5. The number of carbonyl (C=O) groups is 2. The number of nitrogens with zero attached hydrogens (tertiary/aromatic N) is 2. The lowest BCUT2D eigenvalue weighted by molar-refractivity contribution is -0.115. The fourth-order valence-electron chi connectivity index (χ4n) is 3.53. The van der Waals surface area contributed by atoms with Gasteiger partial charge in [-0.15, -0.1) is 0 Å². The number of imide groups is 1. The molecule has 1 aliphatic heterocycles. The van der Waals surface area contributed by atoms with Gasteiger partial charge in [-0.1, -0.05) is 24.3 Å². The molecule has 1 aliphatic rings. The first-order valence-electron chi connectivity index (χ1n) is 10.1. The van der Waals surface area contributed by atoms with Crippen LogP contribution in [0.25, 0.3) is 39.8 Å². The molecule has 10 heteroatoms. The molecule has 1 saturated heterocycles. The summed E-state index contributed by atoms with van der Waals surface area (Å²) in [6.45, 7) is 2.31. The predicted molar refractivity (Wildman–Crippen MR) is 126 cm³/mol. The monoisotopic (exact) mass is 459 g/mol. The first-order valence-corrected chi connectivity index (χ1v) is 10.9. The Morgan fingerprint density at radius 3 is 2.73 bits per heavy atom. The molecule has 0 saturated carbocycles. The minimum absolute atomic E-state index is 0.245. The molecule has 4 aromatic rings. The van der Waals surface area contributed by atoms with Crippen LogP contribution >= 0.6 is 11.8 Å². The quantitative estimate of drug-likeness (QED) is 0.388. The third kappa shape index (κ3) is 4.03. The van der Waals surface area contributed by atoms with Gasteiger partial charge in [0.2, 0.25) is 0 Å². The highest BCUT2D eigenvalue weighted by Gasteiger charge is 2.25. The normalized spacial score (nSPS) is 14.8. The van der Waals surface area contributed by atoms with Gasteiger partial charge in [-0.25, -0.2) is 9.97 Å². The standard InChI is InChI=1S/C23H17N5O4S/c1-2-32-16-10-14(6-7-15(16)19-26-20-18(22(30)27-19)24-11-25-20)13-5-3-4-12(8-13)9-17-21(29)28-23(31)33-17/h3-11H,2H2,1H3,(H,28,29,31)(H2,24,25,26,27,30)/b17-9-. The molecular weight excluding hydrogens is 442 g/mol. The Morgan fingerprint density at radius 1 is 1.09 bits per heavy atom. The van der Waals surface area contributed by atoms with Crippen LogP contribution in [-0.2, 0) is 4.79 Å². The Balaban J connectivity index is 1.54. The minimum Gasteiger partial charge on any atom is -0.493 e.